The zero-order valence-electron chi connectivity index (χ0n) is 5.92. The molecule has 0 spiro atoms. The SMILES string of the molecule is C[N+](C)(C)CC(=O)[O-].[OH-]. The van der Waals surface area contributed by atoms with Gasteiger partial charge in [0.2, 0.25) is 0 Å². The molecule has 0 aliphatic heterocycles. The van der Waals surface area contributed by atoms with Gasteiger partial charge in [-0.2, -0.15) is 0 Å². The van der Waals surface area contributed by atoms with E-state index in [9.17, 15) is 9.90 Å². The van der Waals surface area contributed by atoms with E-state index in [1.54, 1.807) is 21.1 Å². The molecule has 0 aliphatic rings. The molecule has 0 saturated heterocycles. The Hall–Kier alpha value is -0.610. The molecule has 0 aliphatic carbocycles. The molecule has 0 aromatic carbocycles. The highest BCUT2D eigenvalue weighted by molar-refractivity contribution is 5.65. The van der Waals surface area contributed by atoms with Crippen molar-refractivity contribution < 1.29 is 19.9 Å². The number of quaternary nitrogens is 1. The van der Waals surface area contributed by atoms with Crippen molar-refractivity contribution in [2.45, 2.75) is 0 Å². The van der Waals surface area contributed by atoms with E-state index >= 15 is 0 Å². The van der Waals surface area contributed by atoms with Gasteiger partial charge in [0.15, 0.2) is 0 Å². The molecule has 0 unspecified atom stereocenters. The van der Waals surface area contributed by atoms with Crippen LogP contribution in [0.2, 0.25) is 0 Å². The molecule has 0 aromatic rings. The van der Waals surface area contributed by atoms with Crippen LogP contribution in [0.4, 0.5) is 0 Å². The molecule has 0 fully saturated rings. The van der Waals surface area contributed by atoms with Crippen molar-refractivity contribution in [3.8, 4) is 0 Å². The van der Waals surface area contributed by atoms with Crippen molar-refractivity contribution in [2.24, 2.45) is 0 Å². The van der Waals surface area contributed by atoms with E-state index in [0.717, 1.165) is 0 Å². The number of hydrogen-bond acceptors (Lipinski definition) is 3. The van der Waals surface area contributed by atoms with Crippen LogP contribution in [0.25, 0.3) is 0 Å². The summed E-state index contributed by atoms with van der Waals surface area (Å²) in [6, 6.07) is 0. The monoisotopic (exact) mass is 134 g/mol. The van der Waals surface area contributed by atoms with Gasteiger partial charge in [0.1, 0.15) is 6.54 Å². The Morgan fingerprint density at radius 2 is 1.78 bits per heavy atom. The lowest BCUT2D eigenvalue weighted by Gasteiger charge is -2.23. The summed E-state index contributed by atoms with van der Waals surface area (Å²) in [7, 11) is 5.40. The predicted octanol–water partition coefficient (Wildman–Crippen LogP) is -1.73. The third kappa shape index (κ3) is 11.1. The Kier molecular flexibility index (Phi) is 4.27. The third-order valence-corrected chi connectivity index (χ3v) is 0.603. The van der Waals surface area contributed by atoms with Crippen LogP contribution in [-0.2, 0) is 4.79 Å². The minimum absolute atomic E-state index is 0. The largest absolute Gasteiger partial charge is 0.870 e. The molecule has 0 radical (unpaired) electrons. The van der Waals surface area contributed by atoms with Gasteiger partial charge in [0.05, 0.1) is 27.1 Å². The van der Waals surface area contributed by atoms with Gasteiger partial charge in [-0.25, -0.2) is 0 Å². The second kappa shape index (κ2) is 3.42. The molecule has 0 rings (SSSR count). The standard InChI is InChI=1S/C5H11NO2.H2O/c1-6(2,3)4-5(7)8;/h4H2,1-3H3;1H2/p-1. The van der Waals surface area contributed by atoms with Gasteiger partial charge in [-0.05, 0) is 0 Å². The predicted molar refractivity (Wildman–Crippen MR) is 29.8 cm³/mol. The number of carboxylic acid groups (broad SMARTS) is 1. The number of carbonyl (C=O) groups is 1. The Morgan fingerprint density at radius 1 is 1.44 bits per heavy atom. The average molecular weight is 134 g/mol. The van der Waals surface area contributed by atoms with Crippen LogP contribution in [0.3, 0.4) is 0 Å². The number of nitrogens with zero attached hydrogens (tertiary/aromatic N) is 1. The molecule has 0 amide bonds. The van der Waals surface area contributed by atoms with Crippen LogP contribution in [0.1, 0.15) is 0 Å². The van der Waals surface area contributed by atoms with E-state index < -0.39 is 5.97 Å². The first-order chi connectivity index (χ1) is 3.42. The molecule has 1 N–H and O–H groups in total. The number of hydrogen-bond donors (Lipinski definition) is 0. The van der Waals surface area contributed by atoms with Crippen LogP contribution in [0.15, 0.2) is 0 Å². The van der Waals surface area contributed by atoms with Gasteiger partial charge in [0, 0.05) is 0 Å². The molecule has 0 aromatic heterocycles. The minimum atomic E-state index is -1.00. The normalized spacial score (nSPS) is 10.1. The summed E-state index contributed by atoms with van der Waals surface area (Å²) in [4.78, 5) is 9.89. The summed E-state index contributed by atoms with van der Waals surface area (Å²) in [6.07, 6.45) is 0. The van der Waals surface area contributed by atoms with Crippen molar-refractivity contribution >= 4 is 5.97 Å². The number of carboxylic acids is 1. The molecular weight excluding hydrogens is 122 g/mol. The van der Waals surface area contributed by atoms with Crippen molar-refractivity contribution in [1.82, 2.24) is 0 Å². The van der Waals surface area contributed by atoms with Gasteiger partial charge in [-0.3, -0.25) is 0 Å². The topological polar surface area (TPSA) is 70.1 Å². The summed E-state index contributed by atoms with van der Waals surface area (Å²) >= 11 is 0. The first-order valence-corrected chi connectivity index (χ1v) is 2.42. The number of rotatable bonds is 2. The second-order valence-electron chi connectivity index (χ2n) is 2.82. The zero-order valence-corrected chi connectivity index (χ0v) is 5.92. The Morgan fingerprint density at radius 3 is 1.78 bits per heavy atom. The first-order valence-electron chi connectivity index (χ1n) is 2.42. The molecule has 9 heavy (non-hydrogen) atoms. The molecule has 0 heterocycles. The van der Waals surface area contributed by atoms with Crippen LogP contribution >= 0.6 is 0 Å². The average Bonchev–Trinajstić information content (AvgIpc) is 1.21. The van der Waals surface area contributed by atoms with Gasteiger partial charge in [0.25, 0.3) is 0 Å². The van der Waals surface area contributed by atoms with E-state index in [1.807, 2.05) is 0 Å². The molecule has 4 heteroatoms. The van der Waals surface area contributed by atoms with E-state index in [0.29, 0.717) is 4.48 Å². The number of aliphatic carboxylic acids is 1. The maximum absolute atomic E-state index is 9.89. The lowest BCUT2D eigenvalue weighted by Crippen LogP contribution is -2.45. The van der Waals surface area contributed by atoms with Crippen molar-refractivity contribution in [3.63, 3.8) is 0 Å². The smallest absolute Gasteiger partial charge is 0.118 e. The highest BCUT2D eigenvalue weighted by Crippen LogP contribution is 1.84. The van der Waals surface area contributed by atoms with Gasteiger partial charge >= 0.3 is 0 Å². The Balaban J connectivity index is 0. The molecule has 56 valence electrons. The highest BCUT2D eigenvalue weighted by Gasteiger charge is 2.04. The fraction of sp³-hybridized carbons (Fsp3) is 0.800. The molecule has 4 nitrogen and oxygen atoms in total. The van der Waals surface area contributed by atoms with Gasteiger partial charge in [-0.1, -0.05) is 0 Å². The van der Waals surface area contributed by atoms with Crippen LogP contribution < -0.4 is 5.11 Å². The van der Waals surface area contributed by atoms with Crippen molar-refractivity contribution in [3.05, 3.63) is 0 Å². The zero-order chi connectivity index (χ0) is 6.78. The van der Waals surface area contributed by atoms with Crippen LogP contribution in [-0.4, -0.2) is 43.6 Å². The number of carbonyl (C=O) groups excluding carboxylic acids is 1. The highest BCUT2D eigenvalue weighted by atomic mass is 16.4. The summed E-state index contributed by atoms with van der Waals surface area (Å²) < 4.78 is 0.419. The van der Waals surface area contributed by atoms with Crippen LogP contribution in [0, 0.1) is 0 Å². The van der Waals surface area contributed by atoms with Crippen molar-refractivity contribution in [2.75, 3.05) is 27.7 Å². The molecule has 0 atom stereocenters. The maximum Gasteiger partial charge on any atom is 0.118 e. The molecular formula is C5H12NO3-. The van der Waals surface area contributed by atoms with Crippen LogP contribution in [0.5, 0.6) is 0 Å². The Labute approximate surface area is 54.6 Å². The number of likely N-dealkylation sites (N-methyl/N-ethyl adjacent to an activating group) is 1. The Bertz CT molecular complexity index is 94.9. The quantitative estimate of drug-likeness (QED) is 0.421. The van der Waals surface area contributed by atoms with E-state index in [4.69, 9.17) is 0 Å². The maximum atomic E-state index is 9.89. The fourth-order valence-corrected chi connectivity index (χ4v) is 0.387. The lowest BCUT2D eigenvalue weighted by molar-refractivity contribution is -0.864. The van der Waals surface area contributed by atoms with Gasteiger partial charge in [-0.15, -0.1) is 0 Å². The third-order valence-electron chi connectivity index (χ3n) is 0.603. The molecule has 0 bridgehead atoms. The van der Waals surface area contributed by atoms with Crippen molar-refractivity contribution in [1.29, 1.82) is 0 Å². The second-order valence-corrected chi connectivity index (χ2v) is 2.82. The van der Waals surface area contributed by atoms with E-state index in [2.05, 4.69) is 0 Å². The summed E-state index contributed by atoms with van der Waals surface area (Å²) in [5.74, 6) is -1.00. The summed E-state index contributed by atoms with van der Waals surface area (Å²) in [6.45, 7) is 0.0694. The lowest BCUT2D eigenvalue weighted by atomic mass is 10.5. The van der Waals surface area contributed by atoms with Gasteiger partial charge < -0.3 is 19.9 Å². The van der Waals surface area contributed by atoms with E-state index in [-0.39, 0.29) is 12.0 Å². The molecule has 0 saturated carbocycles. The van der Waals surface area contributed by atoms with E-state index in [1.165, 1.54) is 0 Å². The summed E-state index contributed by atoms with van der Waals surface area (Å²) in [5, 5.41) is 9.89. The fourth-order valence-electron chi connectivity index (χ4n) is 0.387. The first kappa shape index (κ1) is 11.2. The minimum Gasteiger partial charge on any atom is -0.870 e. The summed E-state index contributed by atoms with van der Waals surface area (Å²) in [5.41, 5.74) is 0.